The minimum atomic E-state index is -0.705. The van der Waals surface area contributed by atoms with Gasteiger partial charge in [-0.1, -0.05) is 37.6 Å². The van der Waals surface area contributed by atoms with Gasteiger partial charge in [0.15, 0.2) is 0 Å². The maximum Gasteiger partial charge on any atom is 0.343 e. The molecule has 188 valence electrons. The molecule has 0 saturated heterocycles. The highest BCUT2D eigenvalue weighted by Crippen LogP contribution is 2.30. The monoisotopic (exact) mass is 518 g/mol. The van der Waals surface area contributed by atoms with Gasteiger partial charge in [-0.3, -0.25) is 9.59 Å². The third-order valence-corrected chi connectivity index (χ3v) is 6.07. The lowest BCUT2D eigenvalue weighted by atomic mass is 10.0. The van der Waals surface area contributed by atoms with Crippen LogP contribution in [-0.2, 0) is 14.3 Å². The van der Waals surface area contributed by atoms with E-state index in [9.17, 15) is 19.2 Å². The van der Waals surface area contributed by atoms with Crippen LogP contribution in [0.3, 0.4) is 0 Å². The minimum absolute atomic E-state index is 0.107. The quantitative estimate of drug-likeness (QED) is 0.259. The summed E-state index contributed by atoms with van der Waals surface area (Å²) in [6.07, 6.45) is 0. The fourth-order valence-electron chi connectivity index (χ4n) is 3.63. The molecule has 2 amide bonds. The fourth-order valence-corrected chi connectivity index (χ4v) is 3.84. The second-order valence-electron chi connectivity index (χ2n) is 8.49. The molecule has 1 N–H and O–H groups in total. The zero-order valence-electron chi connectivity index (χ0n) is 20.3. The van der Waals surface area contributed by atoms with Crippen molar-refractivity contribution in [2.45, 2.75) is 19.8 Å². The van der Waals surface area contributed by atoms with Crippen molar-refractivity contribution in [3.8, 4) is 5.75 Å². The number of halogens is 1. The summed E-state index contributed by atoms with van der Waals surface area (Å²) in [5.74, 6) is -1.63. The summed E-state index contributed by atoms with van der Waals surface area (Å²) in [7, 11) is 1.26. The Bertz CT molecular complexity index is 1390. The smallest absolute Gasteiger partial charge is 0.343 e. The van der Waals surface area contributed by atoms with Gasteiger partial charge in [0.1, 0.15) is 16.5 Å². The molecule has 0 spiro atoms. The zero-order chi connectivity index (χ0) is 26.7. The Morgan fingerprint density at radius 3 is 1.95 bits per heavy atom. The molecule has 0 bridgehead atoms. The second kappa shape index (κ2) is 10.7. The van der Waals surface area contributed by atoms with Gasteiger partial charge in [-0.2, -0.15) is 0 Å². The highest BCUT2D eigenvalue weighted by molar-refractivity contribution is 6.53. The average molecular weight is 519 g/mol. The molecule has 3 aromatic carbocycles. The molecule has 1 heterocycles. The van der Waals surface area contributed by atoms with Crippen LogP contribution in [0.2, 0.25) is 0 Å². The second-order valence-corrected chi connectivity index (χ2v) is 8.87. The first-order valence-corrected chi connectivity index (χ1v) is 11.7. The highest BCUT2D eigenvalue weighted by Gasteiger charge is 2.39. The van der Waals surface area contributed by atoms with Crippen LogP contribution in [0.5, 0.6) is 5.75 Å². The van der Waals surface area contributed by atoms with Crippen LogP contribution in [0.1, 0.15) is 46.0 Å². The van der Waals surface area contributed by atoms with E-state index in [1.165, 1.54) is 43.5 Å². The van der Waals surface area contributed by atoms with Gasteiger partial charge >= 0.3 is 11.9 Å². The lowest BCUT2D eigenvalue weighted by Gasteiger charge is -2.15. The number of methoxy groups -OCH3 is 1. The van der Waals surface area contributed by atoms with Crippen molar-refractivity contribution in [1.82, 2.24) is 0 Å². The summed E-state index contributed by atoms with van der Waals surface area (Å²) < 4.78 is 10.1. The third-order valence-electron chi connectivity index (χ3n) is 5.72. The van der Waals surface area contributed by atoms with Gasteiger partial charge in [0, 0.05) is 5.69 Å². The van der Waals surface area contributed by atoms with Gasteiger partial charge in [-0.25, -0.2) is 14.5 Å². The molecule has 0 saturated carbocycles. The summed E-state index contributed by atoms with van der Waals surface area (Å²) in [6, 6.07) is 19.3. The van der Waals surface area contributed by atoms with Crippen molar-refractivity contribution in [2.24, 2.45) is 0 Å². The fraction of sp³-hybridized carbons (Fsp3) is 0.143. The molecule has 0 aliphatic carbocycles. The summed E-state index contributed by atoms with van der Waals surface area (Å²) in [5.41, 5.74) is 2.30. The van der Waals surface area contributed by atoms with Crippen LogP contribution in [0.25, 0.3) is 0 Å². The number of anilines is 2. The van der Waals surface area contributed by atoms with Crippen LogP contribution in [0.4, 0.5) is 11.4 Å². The summed E-state index contributed by atoms with van der Waals surface area (Å²) in [4.78, 5) is 50.7. The Labute approximate surface area is 218 Å². The van der Waals surface area contributed by atoms with E-state index in [0.717, 1.165) is 10.5 Å². The first-order chi connectivity index (χ1) is 17.7. The molecule has 0 fully saturated rings. The maximum absolute atomic E-state index is 13.0. The third kappa shape index (κ3) is 5.39. The van der Waals surface area contributed by atoms with E-state index in [-0.39, 0.29) is 22.0 Å². The predicted molar refractivity (Wildman–Crippen MR) is 139 cm³/mol. The van der Waals surface area contributed by atoms with E-state index in [0.29, 0.717) is 22.9 Å². The molecule has 1 aliphatic rings. The Morgan fingerprint density at radius 1 is 0.811 bits per heavy atom. The van der Waals surface area contributed by atoms with Crippen molar-refractivity contribution in [3.05, 3.63) is 100 Å². The molecule has 37 heavy (non-hydrogen) atoms. The van der Waals surface area contributed by atoms with Gasteiger partial charge in [0.05, 0.1) is 23.9 Å². The van der Waals surface area contributed by atoms with E-state index < -0.39 is 23.8 Å². The van der Waals surface area contributed by atoms with Crippen LogP contribution in [0.15, 0.2) is 83.5 Å². The van der Waals surface area contributed by atoms with Crippen LogP contribution in [-0.4, -0.2) is 30.9 Å². The van der Waals surface area contributed by atoms with E-state index in [1.807, 2.05) is 12.1 Å². The van der Waals surface area contributed by atoms with Gasteiger partial charge < -0.3 is 14.8 Å². The topological polar surface area (TPSA) is 102 Å². The average Bonchev–Trinajstić information content (AvgIpc) is 3.11. The van der Waals surface area contributed by atoms with Gasteiger partial charge in [0.25, 0.3) is 11.8 Å². The van der Waals surface area contributed by atoms with Crippen LogP contribution < -0.4 is 15.0 Å². The minimum Gasteiger partial charge on any atom is -0.465 e. The number of imide groups is 1. The van der Waals surface area contributed by atoms with Crippen molar-refractivity contribution in [2.75, 3.05) is 17.3 Å². The largest absolute Gasteiger partial charge is 0.465 e. The molecule has 0 aromatic heterocycles. The van der Waals surface area contributed by atoms with Crippen molar-refractivity contribution in [1.29, 1.82) is 0 Å². The Morgan fingerprint density at radius 2 is 1.38 bits per heavy atom. The SMILES string of the molecule is COC(=O)c1ccc(N2C(=O)C(Cl)=C(Nc3ccc(C(=O)Oc4ccc(C(C)C)cc4)cc3)C2=O)cc1. The van der Waals surface area contributed by atoms with Crippen molar-refractivity contribution < 1.29 is 28.7 Å². The number of carbonyl (C=O) groups excluding carboxylic acids is 4. The first kappa shape index (κ1) is 25.7. The molecule has 8 nitrogen and oxygen atoms in total. The number of hydrogen-bond acceptors (Lipinski definition) is 7. The lowest BCUT2D eigenvalue weighted by Crippen LogP contribution is -2.32. The van der Waals surface area contributed by atoms with Crippen molar-refractivity contribution in [3.63, 3.8) is 0 Å². The summed E-state index contributed by atoms with van der Waals surface area (Å²) in [6.45, 7) is 4.16. The standard InChI is InChI=1S/C28H23ClN2O6/c1-16(2)17-8-14-22(15-9-17)37-28(35)19-4-10-20(11-5-19)30-24-23(29)25(32)31(26(24)33)21-12-6-18(7-13-21)27(34)36-3/h4-16,30H,1-3H3. The molecule has 0 unspecified atom stereocenters. The summed E-state index contributed by atoms with van der Waals surface area (Å²) in [5, 5.41) is 2.57. The van der Waals surface area contributed by atoms with Crippen LogP contribution in [0, 0.1) is 0 Å². The number of nitrogens with one attached hydrogen (secondary N) is 1. The number of esters is 2. The number of rotatable bonds is 7. The number of amides is 2. The summed E-state index contributed by atoms with van der Waals surface area (Å²) >= 11 is 6.18. The van der Waals surface area contributed by atoms with E-state index in [1.54, 1.807) is 24.3 Å². The van der Waals surface area contributed by atoms with Crippen LogP contribution >= 0.6 is 11.6 Å². The predicted octanol–water partition coefficient (Wildman–Crippen LogP) is 5.25. The lowest BCUT2D eigenvalue weighted by molar-refractivity contribution is -0.120. The maximum atomic E-state index is 13.0. The zero-order valence-corrected chi connectivity index (χ0v) is 21.0. The number of carbonyl (C=O) groups is 4. The normalized spacial score (nSPS) is 13.3. The Balaban J connectivity index is 1.44. The van der Waals surface area contributed by atoms with Gasteiger partial charge in [-0.15, -0.1) is 0 Å². The van der Waals surface area contributed by atoms with E-state index in [4.69, 9.17) is 16.3 Å². The molecular weight excluding hydrogens is 496 g/mol. The van der Waals surface area contributed by atoms with E-state index in [2.05, 4.69) is 23.9 Å². The molecule has 1 aliphatic heterocycles. The molecule has 4 rings (SSSR count). The van der Waals surface area contributed by atoms with Gasteiger partial charge in [0.2, 0.25) is 0 Å². The Hall–Kier alpha value is -4.43. The number of ether oxygens (including phenoxy) is 2. The highest BCUT2D eigenvalue weighted by atomic mass is 35.5. The number of hydrogen-bond donors (Lipinski definition) is 1. The van der Waals surface area contributed by atoms with Crippen molar-refractivity contribution >= 4 is 46.7 Å². The van der Waals surface area contributed by atoms with E-state index >= 15 is 0 Å². The Kier molecular flexibility index (Phi) is 7.40. The molecule has 9 heteroatoms. The molecular formula is C28H23ClN2O6. The molecule has 0 atom stereocenters. The number of nitrogens with zero attached hydrogens (tertiary/aromatic N) is 1. The number of benzene rings is 3. The first-order valence-electron chi connectivity index (χ1n) is 11.4. The van der Waals surface area contributed by atoms with Gasteiger partial charge in [-0.05, 0) is 72.1 Å². The molecule has 0 radical (unpaired) electrons. The molecule has 3 aromatic rings.